The maximum atomic E-state index is 6.10. The molecule has 1 atom stereocenters. The van der Waals surface area contributed by atoms with Crippen molar-refractivity contribution in [3.63, 3.8) is 0 Å². The van der Waals surface area contributed by atoms with Gasteiger partial charge in [0, 0.05) is 12.2 Å². The molecular formula is C13H17N3. The molecule has 0 bridgehead atoms. The van der Waals surface area contributed by atoms with Crippen molar-refractivity contribution in [1.82, 2.24) is 9.78 Å². The van der Waals surface area contributed by atoms with Gasteiger partial charge in [-0.1, -0.05) is 25.1 Å². The summed E-state index contributed by atoms with van der Waals surface area (Å²) < 4.78 is 1.89. The molecule has 0 aliphatic heterocycles. The number of para-hydroxylation sites is 1. The van der Waals surface area contributed by atoms with Gasteiger partial charge in [-0.3, -0.25) is 0 Å². The average molecular weight is 215 g/mol. The molecule has 16 heavy (non-hydrogen) atoms. The van der Waals surface area contributed by atoms with E-state index >= 15 is 0 Å². The van der Waals surface area contributed by atoms with Crippen LogP contribution < -0.4 is 5.73 Å². The number of benzene rings is 1. The van der Waals surface area contributed by atoms with Gasteiger partial charge in [0.05, 0.1) is 11.4 Å². The van der Waals surface area contributed by atoms with Crippen molar-refractivity contribution < 1.29 is 0 Å². The lowest BCUT2D eigenvalue weighted by Crippen LogP contribution is -2.12. The molecule has 0 fully saturated rings. The first-order valence-corrected chi connectivity index (χ1v) is 5.59. The first kappa shape index (κ1) is 10.9. The summed E-state index contributed by atoms with van der Waals surface area (Å²) >= 11 is 0. The highest BCUT2D eigenvalue weighted by atomic mass is 15.3. The molecule has 0 saturated carbocycles. The topological polar surface area (TPSA) is 43.8 Å². The number of hydrogen-bond acceptors (Lipinski definition) is 2. The maximum Gasteiger partial charge on any atom is 0.0693 e. The number of hydrogen-bond donors (Lipinski definition) is 1. The van der Waals surface area contributed by atoms with Crippen molar-refractivity contribution in [1.29, 1.82) is 0 Å². The quantitative estimate of drug-likeness (QED) is 0.855. The Kier molecular flexibility index (Phi) is 3.06. The lowest BCUT2D eigenvalue weighted by Gasteiger charge is -2.14. The van der Waals surface area contributed by atoms with Crippen LogP contribution in [0.25, 0.3) is 5.69 Å². The molecule has 1 aromatic carbocycles. The summed E-state index contributed by atoms with van der Waals surface area (Å²) in [5, 5.41) is 4.42. The fourth-order valence-corrected chi connectivity index (χ4v) is 1.78. The van der Waals surface area contributed by atoms with E-state index in [-0.39, 0.29) is 6.04 Å². The Morgan fingerprint density at radius 3 is 2.69 bits per heavy atom. The fourth-order valence-electron chi connectivity index (χ4n) is 1.78. The Hall–Kier alpha value is -1.61. The Bertz CT molecular complexity index is 474. The van der Waals surface area contributed by atoms with E-state index < -0.39 is 0 Å². The van der Waals surface area contributed by atoms with E-state index in [4.69, 9.17) is 5.73 Å². The van der Waals surface area contributed by atoms with Crippen molar-refractivity contribution in [2.75, 3.05) is 0 Å². The van der Waals surface area contributed by atoms with Crippen LogP contribution in [0.15, 0.2) is 36.5 Å². The number of nitrogens with two attached hydrogens (primary N) is 1. The highest BCUT2D eigenvalue weighted by Gasteiger charge is 2.10. The monoisotopic (exact) mass is 215 g/mol. The molecule has 1 unspecified atom stereocenters. The summed E-state index contributed by atoms with van der Waals surface area (Å²) in [5.74, 6) is 0. The van der Waals surface area contributed by atoms with Crippen LogP contribution in [0.4, 0.5) is 0 Å². The fraction of sp³-hybridized carbons (Fsp3) is 0.308. The van der Waals surface area contributed by atoms with Crippen LogP contribution in [0.3, 0.4) is 0 Å². The molecule has 2 N–H and O–H groups in total. The average Bonchev–Trinajstić information content (AvgIpc) is 2.75. The third-order valence-electron chi connectivity index (χ3n) is 2.75. The molecule has 3 nitrogen and oxygen atoms in total. The van der Waals surface area contributed by atoms with Crippen LogP contribution in [0.5, 0.6) is 0 Å². The van der Waals surface area contributed by atoms with Crippen molar-refractivity contribution in [3.05, 3.63) is 47.8 Å². The van der Waals surface area contributed by atoms with E-state index in [0.717, 1.165) is 23.4 Å². The highest BCUT2D eigenvalue weighted by Crippen LogP contribution is 2.21. The minimum atomic E-state index is 0.0701. The molecule has 1 aromatic heterocycles. The molecule has 0 saturated heterocycles. The SMILES string of the molecule is CCC(N)c1ccccc1-n1ccc(C)n1. The van der Waals surface area contributed by atoms with E-state index in [1.807, 2.05) is 36.0 Å². The second kappa shape index (κ2) is 4.49. The van der Waals surface area contributed by atoms with Gasteiger partial charge in [-0.05, 0) is 31.0 Å². The number of rotatable bonds is 3. The zero-order valence-electron chi connectivity index (χ0n) is 9.72. The minimum Gasteiger partial charge on any atom is -0.324 e. The zero-order chi connectivity index (χ0) is 11.5. The molecule has 84 valence electrons. The van der Waals surface area contributed by atoms with Crippen LogP contribution in [-0.2, 0) is 0 Å². The van der Waals surface area contributed by atoms with Gasteiger partial charge in [0.25, 0.3) is 0 Å². The van der Waals surface area contributed by atoms with Gasteiger partial charge in [-0.15, -0.1) is 0 Å². The van der Waals surface area contributed by atoms with Gasteiger partial charge >= 0.3 is 0 Å². The van der Waals surface area contributed by atoms with E-state index in [0.29, 0.717) is 0 Å². The normalized spacial score (nSPS) is 12.7. The van der Waals surface area contributed by atoms with Crippen molar-refractivity contribution in [3.8, 4) is 5.69 Å². The van der Waals surface area contributed by atoms with Gasteiger partial charge in [0.2, 0.25) is 0 Å². The van der Waals surface area contributed by atoms with E-state index in [1.165, 1.54) is 0 Å². The largest absolute Gasteiger partial charge is 0.324 e. The first-order valence-electron chi connectivity index (χ1n) is 5.59. The Labute approximate surface area is 95.9 Å². The molecule has 2 aromatic rings. The molecule has 1 heterocycles. The molecule has 0 aliphatic rings. The standard InChI is InChI=1S/C13H17N3/c1-3-12(14)11-6-4-5-7-13(11)16-9-8-10(2)15-16/h4-9,12H,3,14H2,1-2H3. The number of aryl methyl sites for hydroxylation is 1. The Balaban J connectivity index is 2.48. The van der Waals surface area contributed by atoms with Crippen molar-refractivity contribution in [2.45, 2.75) is 26.3 Å². The summed E-state index contributed by atoms with van der Waals surface area (Å²) in [6.45, 7) is 4.08. The van der Waals surface area contributed by atoms with E-state index in [2.05, 4.69) is 24.2 Å². The van der Waals surface area contributed by atoms with Gasteiger partial charge in [0.1, 0.15) is 0 Å². The summed E-state index contributed by atoms with van der Waals surface area (Å²) in [6.07, 6.45) is 2.90. The second-order valence-corrected chi connectivity index (χ2v) is 3.98. The van der Waals surface area contributed by atoms with Gasteiger partial charge in [-0.2, -0.15) is 5.10 Å². The third kappa shape index (κ3) is 1.99. The van der Waals surface area contributed by atoms with Crippen LogP contribution in [-0.4, -0.2) is 9.78 Å². The van der Waals surface area contributed by atoms with Crippen molar-refractivity contribution in [2.24, 2.45) is 5.73 Å². The smallest absolute Gasteiger partial charge is 0.0693 e. The molecular weight excluding hydrogens is 198 g/mol. The van der Waals surface area contributed by atoms with Gasteiger partial charge in [-0.25, -0.2) is 4.68 Å². The Morgan fingerprint density at radius 2 is 2.06 bits per heavy atom. The third-order valence-corrected chi connectivity index (χ3v) is 2.75. The molecule has 0 aliphatic carbocycles. The number of aromatic nitrogens is 2. The predicted octanol–water partition coefficient (Wildman–Crippen LogP) is 2.59. The van der Waals surface area contributed by atoms with Crippen molar-refractivity contribution >= 4 is 0 Å². The summed E-state index contributed by atoms with van der Waals surface area (Å²) in [6, 6.07) is 10.2. The van der Waals surface area contributed by atoms with Crippen LogP contribution in [0.2, 0.25) is 0 Å². The Morgan fingerprint density at radius 1 is 1.31 bits per heavy atom. The number of nitrogens with zero attached hydrogens (tertiary/aromatic N) is 2. The molecule has 2 rings (SSSR count). The zero-order valence-corrected chi connectivity index (χ0v) is 9.72. The predicted molar refractivity (Wildman–Crippen MR) is 65.5 cm³/mol. The lowest BCUT2D eigenvalue weighted by molar-refractivity contribution is 0.686. The minimum absolute atomic E-state index is 0.0701. The van der Waals surface area contributed by atoms with Gasteiger partial charge in [0.15, 0.2) is 0 Å². The molecule has 3 heteroatoms. The maximum absolute atomic E-state index is 6.10. The first-order chi connectivity index (χ1) is 7.72. The molecule has 0 spiro atoms. The summed E-state index contributed by atoms with van der Waals surface area (Å²) in [7, 11) is 0. The van der Waals surface area contributed by atoms with E-state index in [9.17, 15) is 0 Å². The van der Waals surface area contributed by atoms with E-state index in [1.54, 1.807) is 0 Å². The summed E-state index contributed by atoms with van der Waals surface area (Å²) in [5.41, 5.74) is 9.33. The lowest BCUT2D eigenvalue weighted by atomic mass is 10.0. The highest BCUT2D eigenvalue weighted by molar-refractivity contribution is 5.42. The second-order valence-electron chi connectivity index (χ2n) is 3.98. The summed E-state index contributed by atoms with van der Waals surface area (Å²) in [4.78, 5) is 0. The van der Waals surface area contributed by atoms with Gasteiger partial charge < -0.3 is 5.73 Å². The van der Waals surface area contributed by atoms with Crippen LogP contribution >= 0.6 is 0 Å². The molecule has 0 radical (unpaired) electrons. The van der Waals surface area contributed by atoms with Crippen LogP contribution in [0, 0.1) is 6.92 Å². The molecule has 0 amide bonds. The van der Waals surface area contributed by atoms with Crippen LogP contribution in [0.1, 0.15) is 30.6 Å².